The summed E-state index contributed by atoms with van der Waals surface area (Å²) in [5.74, 6) is -5.31. The molecule has 0 bridgehead atoms. The third-order valence-electron chi connectivity index (χ3n) is 4.09. The fourth-order valence-corrected chi connectivity index (χ4v) is 2.13. The number of aliphatic hydroxyl groups is 1. The first kappa shape index (κ1) is 26.3. The van der Waals surface area contributed by atoms with Gasteiger partial charge in [-0.05, 0) is 26.2 Å². The molecule has 0 saturated heterocycles. The van der Waals surface area contributed by atoms with Crippen LogP contribution < -0.4 is 21.7 Å². The van der Waals surface area contributed by atoms with Crippen LogP contribution in [-0.2, 0) is 24.0 Å². The van der Waals surface area contributed by atoms with Gasteiger partial charge in [-0.25, -0.2) is 0 Å². The van der Waals surface area contributed by atoms with Crippen LogP contribution in [0, 0.1) is 5.92 Å². The number of hydrogen-bond donors (Lipinski definition) is 7. The van der Waals surface area contributed by atoms with E-state index in [1.165, 1.54) is 13.8 Å². The van der Waals surface area contributed by atoms with E-state index in [-0.39, 0.29) is 12.3 Å². The Hall–Kier alpha value is -2.73. The molecule has 0 aliphatic rings. The number of carbonyl (C=O) groups excluding carboxylic acids is 3. The van der Waals surface area contributed by atoms with Gasteiger partial charge in [0.1, 0.15) is 18.1 Å². The molecule has 0 aromatic rings. The van der Waals surface area contributed by atoms with Gasteiger partial charge in [-0.3, -0.25) is 24.0 Å². The maximum Gasteiger partial charge on any atom is 0.325 e. The highest BCUT2D eigenvalue weighted by molar-refractivity contribution is 5.94. The largest absolute Gasteiger partial charge is 0.481 e. The van der Waals surface area contributed by atoms with Crippen LogP contribution in [0.2, 0.25) is 0 Å². The van der Waals surface area contributed by atoms with Gasteiger partial charge in [0, 0.05) is 6.42 Å². The second-order valence-corrected chi connectivity index (χ2v) is 7.06. The first-order valence-electron chi connectivity index (χ1n) is 9.07. The van der Waals surface area contributed by atoms with Gasteiger partial charge in [0.05, 0.1) is 12.1 Å². The molecule has 0 saturated carbocycles. The molecule has 0 aliphatic heterocycles. The van der Waals surface area contributed by atoms with E-state index in [1.54, 1.807) is 13.8 Å². The van der Waals surface area contributed by atoms with Gasteiger partial charge < -0.3 is 37.0 Å². The molecule has 0 spiro atoms. The minimum absolute atomic E-state index is 0.244. The Morgan fingerprint density at radius 3 is 1.83 bits per heavy atom. The number of hydrogen-bond acceptors (Lipinski definition) is 7. The van der Waals surface area contributed by atoms with E-state index in [9.17, 15) is 29.1 Å². The van der Waals surface area contributed by atoms with E-state index < -0.39 is 66.4 Å². The Morgan fingerprint density at radius 1 is 0.862 bits per heavy atom. The normalized spacial score (nSPS) is 16.1. The molecule has 166 valence electrons. The monoisotopic (exact) mass is 418 g/mol. The predicted octanol–water partition coefficient (Wildman–Crippen LogP) is -2.23. The number of rotatable bonds is 12. The lowest BCUT2D eigenvalue weighted by molar-refractivity contribution is -0.142. The maximum absolute atomic E-state index is 12.6. The molecule has 5 atom stereocenters. The van der Waals surface area contributed by atoms with E-state index >= 15 is 0 Å². The third-order valence-corrected chi connectivity index (χ3v) is 4.09. The first-order valence-corrected chi connectivity index (χ1v) is 9.07. The Kier molecular flexibility index (Phi) is 10.8. The summed E-state index contributed by atoms with van der Waals surface area (Å²) in [5.41, 5.74) is 5.73. The summed E-state index contributed by atoms with van der Waals surface area (Å²) in [6.07, 6.45) is -2.12. The lowest BCUT2D eigenvalue weighted by Gasteiger charge is -2.26. The van der Waals surface area contributed by atoms with Gasteiger partial charge >= 0.3 is 11.9 Å². The maximum atomic E-state index is 12.6. The van der Waals surface area contributed by atoms with Crippen molar-refractivity contribution in [1.29, 1.82) is 0 Å². The second kappa shape index (κ2) is 12.0. The predicted molar refractivity (Wildman–Crippen MR) is 100 cm³/mol. The Morgan fingerprint density at radius 2 is 1.41 bits per heavy atom. The highest BCUT2D eigenvalue weighted by Crippen LogP contribution is 2.04. The summed E-state index contributed by atoms with van der Waals surface area (Å²) in [5, 5.41) is 34.2. The summed E-state index contributed by atoms with van der Waals surface area (Å²) >= 11 is 0. The van der Waals surface area contributed by atoms with E-state index in [0.717, 1.165) is 0 Å². The number of nitrogens with two attached hydrogens (primary N) is 1. The van der Waals surface area contributed by atoms with Crippen LogP contribution in [0.5, 0.6) is 0 Å². The van der Waals surface area contributed by atoms with Crippen LogP contribution in [0.3, 0.4) is 0 Å². The Balaban J connectivity index is 5.35. The van der Waals surface area contributed by atoms with Gasteiger partial charge in [-0.2, -0.15) is 0 Å². The van der Waals surface area contributed by atoms with Gasteiger partial charge in [0.25, 0.3) is 0 Å². The highest BCUT2D eigenvalue weighted by atomic mass is 16.4. The molecule has 0 aliphatic carbocycles. The molecular weight excluding hydrogens is 388 g/mol. The summed E-state index contributed by atoms with van der Waals surface area (Å²) in [6, 6.07) is -5.06. The van der Waals surface area contributed by atoms with Crippen molar-refractivity contribution < 1.29 is 39.3 Å². The number of nitrogens with one attached hydrogen (secondary N) is 3. The van der Waals surface area contributed by atoms with Crippen LogP contribution in [-0.4, -0.2) is 75.3 Å². The third kappa shape index (κ3) is 9.34. The molecule has 3 amide bonds. The van der Waals surface area contributed by atoms with Crippen LogP contribution in [0.25, 0.3) is 0 Å². The molecule has 0 heterocycles. The summed E-state index contributed by atoms with van der Waals surface area (Å²) in [7, 11) is 0. The molecule has 0 aromatic heterocycles. The van der Waals surface area contributed by atoms with Crippen molar-refractivity contribution in [2.24, 2.45) is 11.7 Å². The van der Waals surface area contributed by atoms with Gasteiger partial charge in [0.2, 0.25) is 17.7 Å². The number of aliphatic hydroxyl groups excluding tert-OH is 1. The molecule has 12 nitrogen and oxygen atoms in total. The van der Waals surface area contributed by atoms with E-state index in [1.807, 2.05) is 0 Å². The van der Waals surface area contributed by atoms with Crippen molar-refractivity contribution >= 4 is 29.7 Å². The van der Waals surface area contributed by atoms with E-state index in [4.69, 9.17) is 15.9 Å². The SMILES string of the molecule is CC(NC(=O)C(NC(=O)C(CCC(=O)O)NC(=O)C(N)C(C)C)C(C)O)C(=O)O. The Labute approximate surface area is 168 Å². The minimum atomic E-state index is -1.52. The molecule has 29 heavy (non-hydrogen) atoms. The summed E-state index contributed by atoms with van der Waals surface area (Å²) < 4.78 is 0. The molecule has 8 N–H and O–H groups in total. The van der Waals surface area contributed by atoms with Crippen molar-refractivity contribution in [2.75, 3.05) is 0 Å². The molecule has 0 fully saturated rings. The van der Waals surface area contributed by atoms with Crippen LogP contribution >= 0.6 is 0 Å². The van der Waals surface area contributed by atoms with E-state index in [0.29, 0.717) is 0 Å². The molecule has 5 unspecified atom stereocenters. The average molecular weight is 418 g/mol. The van der Waals surface area contributed by atoms with Crippen molar-refractivity contribution in [3.63, 3.8) is 0 Å². The smallest absolute Gasteiger partial charge is 0.325 e. The number of aliphatic carboxylic acids is 2. The lowest BCUT2D eigenvalue weighted by atomic mass is 10.0. The van der Waals surface area contributed by atoms with Gasteiger partial charge in [-0.15, -0.1) is 0 Å². The lowest BCUT2D eigenvalue weighted by Crippen LogP contribution is -2.59. The summed E-state index contributed by atoms with van der Waals surface area (Å²) in [6.45, 7) is 5.78. The van der Waals surface area contributed by atoms with Crippen molar-refractivity contribution in [3.8, 4) is 0 Å². The van der Waals surface area contributed by atoms with Crippen molar-refractivity contribution in [3.05, 3.63) is 0 Å². The zero-order valence-electron chi connectivity index (χ0n) is 16.8. The molecular formula is C17H30N4O8. The highest BCUT2D eigenvalue weighted by Gasteiger charge is 2.32. The zero-order valence-corrected chi connectivity index (χ0v) is 16.8. The first-order chi connectivity index (χ1) is 13.3. The Bertz CT molecular complexity index is 623. The quantitative estimate of drug-likeness (QED) is 0.183. The molecule has 0 aromatic carbocycles. The second-order valence-electron chi connectivity index (χ2n) is 7.06. The fourth-order valence-electron chi connectivity index (χ4n) is 2.13. The number of carbonyl (C=O) groups is 5. The zero-order chi connectivity index (χ0) is 22.9. The number of amides is 3. The number of carboxylic acid groups (broad SMARTS) is 2. The fraction of sp³-hybridized carbons (Fsp3) is 0.706. The van der Waals surface area contributed by atoms with E-state index in [2.05, 4.69) is 16.0 Å². The number of carboxylic acids is 2. The molecule has 0 radical (unpaired) electrons. The topological polar surface area (TPSA) is 208 Å². The molecule has 12 heteroatoms. The van der Waals surface area contributed by atoms with Crippen LogP contribution in [0.4, 0.5) is 0 Å². The van der Waals surface area contributed by atoms with Crippen molar-refractivity contribution in [1.82, 2.24) is 16.0 Å². The van der Waals surface area contributed by atoms with Gasteiger partial charge in [0.15, 0.2) is 0 Å². The van der Waals surface area contributed by atoms with Crippen molar-refractivity contribution in [2.45, 2.75) is 70.8 Å². The van der Waals surface area contributed by atoms with Crippen LogP contribution in [0.15, 0.2) is 0 Å². The average Bonchev–Trinajstić information content (AvgIpc) is 2.60. The summed E-state index contributed by atoms with van der Waals surface area (Å²) in [4.78, 5) is 58.6. The standard InChI is InChI=1S/C17H30N4O8/c1-7(2)12(18)15(26)20-10(5-6-11(23)24)14(25)21-13(9(4)22)16(27)19-8(3)17(28)29/h7-10,12-13,22H,5-6,18H2,1-4H3,(H,19,27)(H,20,26)(H,21,25)(H,23,24)(H,28,29). The van der Waals surface area contributed by atoms with Crippen LogP contribution in [0.1, 0.15) is 40.5 Å². The minimum Gasteiger partial charge on any atom is -0.481 e. The molecule has 0 rings (SSSR count). The van der Waals surface area contributed by atoms with Gasteiger partial charge in [-0.1, -0.05) is 13.8 Å².